The SMILES string of the molecule is O=C(COC(=O)c1ccc(CO)cc1)Nc1cccc(C(F)(F)F)c1. The molecule has 0 aliphatic rings. The van der Waals surface area contributed by atoms with Gasteiger partial charge in [0, 0.05) is 5.69 Å². The molecule has 0 heterocycles. The molecule has 0 aliphatic heterocycles. The van der Waals surface area contributed by atoms with Crippen LogP contribution in [0.5, 0.6) is 0 Å². The Morgan fingerprint density at radius 1 is 1.08 bits per heavy atom. The fourth-order valence-corrected chi connectivity index (χ4v) is 1.93. The van der Waals surface area contributed by atoms with Gasteiger partial charge in [-0.05, 0) is 35.9 Å². The molecule has 0 unspecified atom stereocenters. The third-order valence-corrected chi connectivity index (χ3v) is 3.18. The number of rotatable bonds is 5. The smallest absolute Gasteiger partial charge is 0.416 e. The Hall–Kier alpha value is -2.87. The minimum atomic E-state index is -4.52. The zero-order valence-electron chi connectivity index (χ0n) is 12.8. The molecule has 0 spiro atoms. The van der Waals surface area contributed by atoms with Crippen LogP contribution < -0.4 is 5.32 Å². The third kappa shape index (κ3) is 5.32. The molecule has 25 heavy (non-hydrogen) atoms. The second-order valence-electron chi connectivity index (χ2n) is 5.06. The second kappa shape index (κ2) is 7.80. The number of hydrogen-bond donors (Lipinski definition) is 2. The van der Waals surface area contributed by atoms with Crippen molar-refractivity contribution in [2.75, 3.05) is 11.9 Å². The van der Waals surface area contributed by atoms with E-state index in [4.69, 9.17) is 9.84 Å². The average Bonchev–Trinajstić information content (AvgIpc) is 2.59. The number of amides is 1. The summed E-state index contributed by atoms with van der Waals surface area (Å²) in [5, 5.41) is 11.1. The van der Waals surface area contributed by atoms with Crippen molar-refractivity contribution in [3.05, 3.63) is 65.2 Å². The summed E-state index contributed by atoms with van der Waals surface area (Å²) in [5.74, 6) is -1.52. The van der Waals surface area contributed by atoms with Crippen LogP contribution in [0.4, 0.5) is 18.9 Å². The fraction of sp³-hybridized carbons (Fsp3) is 0.176. The third-order valence-electron chi connectivity index (χ3n) is 3.18. The lowest BCUT2D eigenvalue weighted by atomic mass is 10.1. The van der Waals surface area contributed by atoms with Crippen molar-refractivity contribution >= 4 is 17.6 Å². The number of esters is 1. The standard InChI is InChI=1S/C17H14F3NO4/c18-17(19,20)13-2-1-3-14(8-13)21-15(23)10-25-16(24)12-6-4-11(9-22)5-7-12/h1-8,22H,9-10H2,(H,21,23). The zero-order valence-corrected chi connectivity index (χ0v) is 12.8. The molecule has 2 aromatic carbocycles. The minimum absolute atomic E-state index is 0.0526. The van der Waals surface area contributed by atoms with Crippen LogP contribution in [0, 0.1) is 0 Å². The van der Waals surface area contributed by atoms with E-state index in [1.54, 1.807) is 0 Å². The van der Waals surface area contributed by atoms with Crippen LogP contribution in [0.2, 0.25) is 0 Å². The Kier molecular flexibility index (Phi) is 5.76. The minimum Gasteiger partial charge on any atom is -0.452 e. The second-order valence-corrected chi connectivity index (χ2v) is 5.06. The number of benzene rings is 2. The Morgan fingerprint density at radius 2 is 1.76 bits per heavy atom. The van der Waals surface area contributed by atoms with Crippen LogP contribution in [-0.4, -0.2) is 23.6 Å². The molecule has 0 saturated heterocycles. The molecule has 0 atom stereocenters. The van der Waals surface area contributed by atoms with E-state index in [9.17, 15) is 22.8 Å². The predicted molar refractivity (Wildman–Crippen MR) is 82.7 cm³/mol. The molecule has 2 rings (SSSR count). The normalized spacial score (nSPS) is 11.0. The zero-order chi connectivity index (χ0) is 18.4. The number of anilines is 1. The highest BCUT2D eigenvalue weighted by Crippen LogP contribution is 2.30. The van der Waals surface area contributed by atoms with Crippen LogP contribution in [0.1, 0.15) is 21.5 Å². The molecule has 0 fully saturated rings. The fourth-order valence-electron chi connectivity index (χ4n) is 1.93. The summed E-state index contributed by atoms with van der Waals surface area (Å²) in [5.41, 5.74) is -0.155. The van der Waals surface area contributed by atoms with E-state index in [1.807, 2.05) is 0 Å². The summed E-state index contributed by atoms with van der Waals surface area (Å²) in [6.07, 6.45) is -4.52. The van der Waals surface area contributed by atoms with Crippen LogP contribution in [-0.2, 0) is 22.3 Å². The summed E-state index contributed by atoms with van der Waals surface area (Å²) >= 11 is 0. The number of alkyl halides is 3. The molecule has 0 saturated carbocycles. The molecule has 1 amide bonds. The highest BCUT2D eigenvalue weighted by atomic mass is 19.4. The molecule has 2 N–H and O–H groups in total. The van der Waals surface area contributed by atoms with E-state index >= 15 is 0 Å². The highest BCUT2D eigenvalue weighted by molar-refractivity contribution is 5.95. The number of hydrogen-bond acceptors (Lipinski definition) is 4. The van der Waals surface area contributed by atoms with Gasteiger partial charge in [0.25, 0.3) is 5.91 Å². The lowest BCUT2D eigenvalue weighted by molar-refractivity contribution is -0.137. The van der Waals surface area contributed by atoms with Gasteiger partial charge in [-0.3, -0.25) is 4.79 Å². The molecule has 8 heteroatoms. The van der Waals surface area contributed by atoms with Crippen LogP contribution in [0.25, 0.3) is 0 Å². The van der Waals surface area contributed by atoms with Crippen molar-refractivity contribution in [1.82, 2.24) is 0 Å². The maximum atomic E-state index is 12.6. The van der Waals surface area contributed by atoms with Crippen molar-refractivity contribution in [3.8, 4) is 0 Å². The van der Waals surface area contributed by atoms with Crippen LogP contribution in [0.3, 0.4) is 0 Å². The number of nitrogens with one attached hydrogen (secondary N) is 1. The first-order chi connectivity index (χ1) is 11.8. The predicted octanol–water partition coefficient (Wildman–Crippen LogP) is 2.99. The number of carbonyl (C=O) groups is 2. The van der Waals surface area contributed by atoms with Gasteiger partial charge in [0.2, 0.25) is 0 Å². The largest absolute Gasteiger partial charge is 0.452 e. The number of aliphatic hydroxyl groups excluding tert-OH is 1. The van der Waals surface area contributed by atoms with Crippen molar-refractivity contribution in [2.24, 2.45) is 0 Å². The van der Waals surface area contributed by atoms with E-state index in [0.717, 1.165) is 18.2 Å². The van der Waals surface area contributed by atoms with Gasteiger partial charge in [-0.15, -0.1) is 0 Å². The van der Waals surface area contributed by atoms with Gasteiger partial charge in [0.15, 0.2) is 6.61 Å². The summed E-state index contributed by atoms with van der Waals surface area (Å²) in [6, 6.07) is 10.0. The Morgan fingerprint density at radius 3 is 2.36 bits per heavy atom. The van der Waals surface area contributed by atoms with Crippen molar-refractivity contribution in [3.63, 3.8) is 0 Å². The summed E-state index contributed by atoms with van der Waals surface area (Å²) in [6.45, 7) is -0.814. The van der Waals surface area contributed by atoms with E-state index in [-0.39, 0.29) is 17.9 Å². The quantitative estimate of drug-likeness (QED) is 0.811. The molecule has 132 valence electrons. The van der Waals surface area contributed by atoms with Crippen molar-refractivity contribution in [2.45, 2.75) is 12.8 Å². The number of aliphatic hydroxyl groups is 1. The topological polar surface area (TPSA) is 75.6 Å². The van der Waals surface area contributed by atoms with E-state index < -0.39 is 30.2 Å². The monoisotopic (exact) mass is 353 g/mol. The molecule has 5 nitrogen and oxygen atoms in total. The van der Waals surface area contributed by atoms with Gasteiger partial charge < -0.3 is 15.2 Å². The molecular formula is C17H14F3NO4. The number of ether oxygens (including phenoxy) is 1. The molecule has 0 aromatic heterocycles. The van der Waals surface area contributed by atoms with E-state index in [2.05, 4.69) is 5.32 Å². The van der Waals surface area contributed by atoms with Crippen LogP contribution >= 0.6 is 0 Å². The lowest BCUT2D eigenvalue weighted by Gasteiger charge is -2.10. The Balaban J connectivity index is 1.91. The van der Waals surface area contributed by atoms with Gasteiger partial charge in [-0.2, -0.15) is 13.2 Å². The van der Waals surface area contributed by atoms with Gasteiger partial charge >= 0.3 is 12.1 Å². The van der Waals surface area contributed by atoms with Gasteiger partial charge in [-0.1, -0.05) is 18.2 Å². The molecular weight excluding hydrogens is 339 g/mol. The number of halogens is 3. The van der Waals surface area contributed by atoms with Crippen LogP contribution in [0.15, 0.2) is 48.5 Å². The lowest BCUT2D eigenvalue weighted by Crippen LogP contribution is -2.21. The van der Waals surface area contributed by atoms with E-state index in [1.165, 1.54) is 30.3 Å². The summed E-state index contributed by atoms with van der Waals surface area (Å²) < 4.78 is 42.6. The maximum absolute atomic E-state index is 12.6. The summed E-state index contributed by atoms with van der Waals surface area (Å²) in [7, 11) is 0. The molecule has 0 radical (unpaired) electrons. The van der Waals surface area contributed by atoms with Gasteiger partial charge in [0.1, 0.15) is 0 Å². The van der Waals surface area contributed by atoms with Gasteiger partial charge in [-0.25, -0.2) is 4.79 Å². The summed E-state index contributed by atoms with van der Waals surface area (Å²) in [4.78, 5) is 23.5. The average molecular weight is 353 g/mol. The first-order valence-electron chi connectivity index (χ1n) is 7.13. The Bertz CT molecular complexity index is 757. The molecule has 2 aromatic rings. The van der Waals surface area contributed by atoms with Crippen molar-refractivity contribution in [1.29, 1.82) is 0 Å². The first kappa shape index (κ1) is 18.5. The molecule has 0 bridgehead atoms. The molecule has 0 aliphatic carbocycles. The first-order valence-corrected chi connectivity index (χ1v) is 7.13. The Labute approximate surface area is 141 Å². The van der Waals surface area contributed by atoms with E-state index in [0.29, 0.717) is 5.56 Å². The van der Waals surface area contributed by atoms with Crippen molar-refractivity contribution < 1.29 is 32.6 Å². The van der Waals surface area contributed by atoms with Gasteiger partial charge in [0.05, 0.1) is 17.7 Å². The number of carbonyl (C=O) groups excluding carboxylic acids is 2. The maximum Gasteiger partial charge on any atom is 0.416 e. The highest BCUT2D eigenvalue weighted by Gasteiger charge is 2.30.